The number of allylic oxidation sites excluding steroid dienone is 1. The van der Waals surface area contributed by atoms with Crippen molar-refractivity contribution in [2.75, 3.05) is 11.9 Å². The Morgan fingerprint density at radius 3 is 2.62 bits per heavy atom. The minimum absolute atomic E-state index is 0.133. The maximum atomic E-state index is 14.8. The lowest BCUT2D eigenvalue weighted by atomic mass is 9.88. The molecule has 0 aromatic heterocycles. The fourth-order valence-electron chi connectivity index (χ4n) is 3.48. The quantitative estimate of drug-likeness (QED) is 0.610. The average molecular weight is 389 g/mol. The highest BCUT2D eigenvalue weighted by atomic mass is 19.1. The van der Waals surface area contributed by atoms with Gasteiger partial charge in [-0.2, -0.15) is 5.26 Å². The summed E-state index contributed by atoms with van der Waals surface area (Å²) in [6.07, 6.45) is 3.43. The molecule has 4 nitrogen and oxygen atoms in total. The van der Waals surface area contributed by atoms with Crippen molar-refractivity contribution < 1.29 is 9.18 Å². The first-order chi connectivity index (χ1) is 13.7. The third-order valence-corrected chi connectivity index (χ3v) is 5.30. The Kier molecular flexibility index (Phi) is 5.56. The lowest BCUT2D eigenvalue weighted by Crippen LogP contribution is -2.42. The highest BCUT2D eigenvalue weighted by molar-refractivity contribution is 6.02. The first-order valence-electron chi connectivity index (χ1n) is 9.44. The monoisotopic (exact) mass is 389 g/mol. The summed E-state index contributed by atoms with van der Waals surface area (Å²) in [6, 6.07) is 14.5. The van der Waals surface area contributed by atoms with Crippen LogP contribution in [-0.4, -0.2) is 18.5 Å². The van der Waals surface area contributed by atoms with Gasteiger partial charge in [-0.25, -0.2) is 4.39 Å². The SMILES string of the molecule is CC1=CC(C)(C)N(C)c2cc(F)c(/C=C(\C#N)C(=O)NCc3ccccc3)cc21. The molecule has 1 heterocycles. The number of likely N-dealkylation sites (N-methyl/N-ethyl adjacent to an activating group) is 1. The smallest absolute Gasteiger partial charge is 0.262 e. The summed E-state index contributed by atoms with van der Waals surface area (Å²) < 4.78 is 14.8. The molecule has 0 bridgehead atoms. The van der Waals surface area contributed by atoms with E-state index in [2.05, 4.69) is 25.2 Å². The molecule has 2 aromatic rings. The number of nitriles is 1. The van der Waals surface area contributed by atoms with Gasteiger partial charge >= 0.3 is 0 Å². The number of rotatable bonds is 4. The van der Waals surface area contributed by atoms with Crippen LogP contribution in [0.3, 0.4) is 0 Å². The molecule has 0 saturated heterocycles. The van der Waals surface area contributed by atoms with Crippen LogP contribution in [0.2, 0.25) is 0 Å². The van der Waals surface area contributed by atoms with Crippen LogP contribution in [0.15, 0.2) is 54.1 Å². The van der Waals surface area contributed by atoms with Gasteiger partial charge in [0.2, 0.25) is 0 Å². The van der Waals surface area contributed by atoms with Gasteiger partial charge in [0.1, 0.15) is 17.5 Å². The van der Waals surface area contributed by atoms with Crippen LogP contribution < -0.4 is 10.2 Å². The Morgan fingerprint density at radius 1 is 1.28 bits per heavy atom. The first-order valence-corrected chi connectivity index (χ1v) is 9.44. The number of fused-ring (bicyclic) bond motifs is 1. The van der Waals surface area contributed by atoms with Gasteiger partial charge in [-0.1, -0.05) is 36.4 Å². The molecule has 0 saturated carbocycles. The number of anilines is 1. The Bertz CT molecular complexity index is 1050. The van der Waals surface area contributed by atoms with E-state index in [1.165, 1.54) is 12.1 Å². The molecule has 1 aliphatic rings. The minimum Gasteiger partial charge on any atom is -0.365 e. The molecule has 0 unspecified atom stereocenters. The van der Waals surface area contributed by atoms with Crippen molar-refractivity contribution in [3.8, 4) is 6.07 Å². The van der Waals surface area contributed by atoms with E-state index in [4.69, 9.17) is 0 Å². The van der Waals surface area contributed by atoms with E-state index in [1.807, 2.05) is 55.3 Å². The summed E-state index contributed by atoms with van der Waals surface area (Å²) >= 11 is 0. The lowest BCUT2D eigenvalue weighted by Gasteiger charge is -2.40. The number of carbonyl (C=O) groups excluding carboxylic acids is 1. The van der Waals surface area contributed by atoms with Crippen molar-refractivity contribution in [3.05, 3.63) is 76.6 Å². The lowest BCUT2D eigenvalue weighted by molar-refractivity contribution is -0.117. The van der Waals surface area contributed by atoms with Crippen molar-refractivity contribution in [2.45, 2.75) is 32.9 Å². The number of hydrogen-bond acceptors (Lipinski definition) is 3. The van der Waals surface area contributed by atoms with Crippen molar-refractivity contribution in [3.63, 3.8) is 0 Å². The second-order valence-electron chi connectivity index (χ2n) is 7.77. The molecule has 0 atom stereocenters. The third-order valence-electron chi connectivity index (χ3n) is 5.30. The van der Waals surface area contributed by atoms with E-state index in [9.17, 15) is 14.4 Å². The van der Waals surface area contributed by atoms with E-state index >= 15 is 0 Å². The molecular formula is C24H24FN3O. The van der Waals surface area contributed by atoms with Gasteiger partial charge in [0.15, 0.2) is 0 Å². The summed E-state index contributed by atoms with van der Waals surface area (Å²) in [5.74, 6) is -0.997. The van der Waals surface area contributed by atoms with Gasteiger partial charge < -0.3 is 10.2 Å². The Hall–Kier alpha value is -3.39. The number of halogens is 1. The average Bonchev–Trinajstić information content (AvgIpc) is 2.69. The fourth-order valence-corrected chi connectivity index (χ4v) is 3.48. The highest BCUT2D eigenvalue weighted by Crippen LogP contribution is 2.39. The van der Waals surface area contributed by atoms with Gasteiger partial charge in [-0.3, -0.25) is 4.79 Å². The van der Waals surface area contributed by atoms with Crippen LogP contribution in [0.5, 0.6) is 0 Å². The van der Waals surface area contributed by atoms with Crippen LogP contribution in [0.25, 0.3) is 11.6 Å². The number of benzene rings is 2. The normalized spacial score (nSPS) is 15.2. The molecule has 2 aromatic carbocycles. The topological polar surface area (TPSA) is 56.1 Å². The van der Waals surface area contributed by atoms with Crippen LogP contribution in [-0.2, 0) is 11.3 Å². The number of hydrogen-bond donors (Lipinski definition) is 1. The maximum Gasteiger partial charge on any atom is 0.262 e. The minimum atomic E-state index is -0.529. The first kappa shape index (κ1) is 20.3. The maximum absolute atomic E-state index is 14.8. The summed E-state index contributed by atoms with van der Waals surface area (Å²) in [6.45, 7) is 6.41. The number of nitrogens with one attached hydrogen (secondary N) is 1. The third kappa shape index (κ3) is 4.22. The second kappa shape index (κ2) is 7.92. The van der Waals surface area contributed by atoms with Gasteiger partial charge in [-0.05, 0) is 50.1 Å². The predicted molar refractivity (Wildman–Crippen MR) is 114 cm³/mol. The molecule has 1 aliphatic heterocycles. The molecule has 0 spiro atoms. The zero-order valence-electron chi connectivity index (χ0n) is 17.1. The fraction of sp³-hybridized carbons (Fsp3) is 0.250. The highest BCUT2D eigenvalue weighted by Gasteiger charge is 2.29. The van der Waals surface area contributed by atoms with Crippen molar-refractivity contribution in [1.82, 2.24) is 5.32 Å². The molecule has 1 amide bonds. The van der Waals surface area contributed by atoms with Crippen molar-refractivity contribution in [2.24, 2.45) is 0 Å². The molecule has 148 valence electrons. The second-order valence-corrected chi connectivity index (χ2v) is 7.77. The van der Waals surface area contributed by atoms with Gasteiger partial charge in [0.25, 0.3) is 5.91 Å². The zero-order valence-corrected chi connectivity index (χ0v) is 17.1. The summed E-state index contributed by atoms with van der Waals surface area (Å²) in [5.41, 5.74) is 3.49. The molecule has 29 heavy (non-hydrogen) atoms. The van der Waals surface area contributed by atoms with E-state index < -0.39 is 11.7 Å². The summed E-state index contributed by atoms with van der Waals surface area (Å²) in [7, 11) is 1.93. The molecule has 0 fully saturated rings. The van der Waals surface area contributed by atoms with Crippen LogP contribution >= 0.6 is 0 Å². The zero-order chi connectivity index (χ0) is 21.2. The van der Waals surface area contributed by atoms with E-state index in [0.717, 1.165) is 22.4 Å². The number of carbonyl (C=O) groups is 1. The Morgan fingerprint density at radius 2 is 1.97 bits per heavy atom. The predicted octanol–water partition coefficient (Wildman–Crippen LogP) is 4.68. The Labute approximate surface area is 171 Å². The Balaban J connectivity index is 1.90. The van der Waals surface area contributed by atoms with E-state index in [1.54, 1.807) is 6.07 Å². The van der Waals surface area contributed by atoms with E-state index in [0.29, 0.717) is 6.54 Å². The van der Waals surface area contributed by atoms with Gasteiger partial charge in [-0.15, -0.1) is 0 Å². The molecule has 5 heteroatoms. The van der Waals surface area contributed by atoms with Crippen molar-refractivity contribution in [1.29, 1.82) is 5.26 Å². The van der Waals surface area contributed by atoms with Gasteiger partial charge in [0, 0.05) is 30.4 Å². The van der Waals surface area contributed by atoms with Crippen molar-refractivity contribution >= 4 is 23.2 Å². The van der Waals surface area contributed by atoms with Crippen LogP contribution in [0.1, 0.15) is 37.5 Å². The van der Waals surface area contributed by atoms with Crippen LogP contribution in [0, 0.1) is 17.1 Å². The number of amides is 1. The molecule has 0 radical (unpaired) electrons. The summed E-state index contributed by atoms with van der Waals surface area (Å²) in [5, 5.41) is 12.1. The van der Waals surface area contributed by atoms with E-state index in [-0.39, 0.29) is 16.7 Å². The van der Waals surface area contributed by atoms with Crippen LogP contribution in [0.4, 0.5) is 10.1 Å². The summed E-state index contributed by atoms with van der Waals surface area (Å²) in [4.78, 5) is 14.4. The molecule has 1 N–H and O–H groups in total. The molecule has 3 rings (SSSR count). The molecule has 0 aliphatic carbocycles. The molecular weight excluding hydrogens is 365 g/mol. The standard InChI is InChI=1S/C24H24FN3O/c1-16-13-24(2,3)28(4)22-12-21(25)18(11-20(16)22)10-19(14-26)23(29)27-15-17-8-6-5-7-9-17/h5-13H,15H2,1-4H3,(H,27,29)/b19-10+. The number of nitrogens with zero attached hydrogens (tertiary/aromatic N) is 2. The van der Waals surface area contributed by atoms with Gasteiger partial charge in [0.05, 0.1) is 5.54 Å². The largest absolute Gasteiger partial charge is 0.365 e.